The van der Waals surface area contributed by atoms with E-state index in [0.717, 1.165) is 22.4 Å². The van der Waals surface area contributed by atoms with Gasteiger partial charge in [0.15, 0.2) is 11.2 Å². The van der Waals surface area contributed by atoms with Crippen LogP contribution in [0.25, 0.3) is 6.08 Å². The van der Waals surface area contributed by atoms with E-state index in [4.69, 9.17) is 11.6 Å². The molecular formula is C28H20ClN3O. The van der Waals surface area contributed by atoms with E-state index in [2.05, 4.69) is 12.1 Å². The van der Waals surface area contributed by atoms with Crippen LogP contribution in [0.3, 0.4) is 0 Å². The van der Waals surface area contributed by atoms with Crippen LogP contribution in [0.1, 0.15) is 33.0 Å². The highest BCUT2D eigenvalue weighted by molar-refractivity contribution is 6.30. The molecule has 5 rings (SSSR count). The van der Waals surface area contributed by atoms with Gasteiger partial charge in [0, 0.05) is 22.2 Å². The fraction of sp³-hybridized carbons (Fsp3) is 0.179. The molecule has 5 heteroatoms. The molecule has 33 heavy (non-hydrogen) atoms. The van der Waals surface area contributed by atoms with Gasteiger partial charge in [0.1, 0.15) is 6.04 Å². The molecule has 3 aromatic carbocycles. The van der Waals surface area contributed by atoms with Crippen LogP contribution in [-0.4, -0.2) is 17.9 Å². The molecule has 160 valence electrons. The van der Waals surface area contributed by atoms with Gasteiger partial charge in [0.2, 0.25) is 0 Å². The van der Waals surface area contributed by atoms with Crippen molar-refractivity contribution >= 4 is 29.1 Å². The first-order valence-electron chi connectivity index (χ1n) is 10.7. The maximum Gasteiger partial charge on any atom is 0.185 e. The molecule has 0 saturated carbocycles. The van der Waals surface area contributed by atoms with Crippen LogP contribution in [0.2, 0.25) is 5.02 Å². The number of hydrogen-bond donors (Lipinski definition) is 0. The Balaban J connectivity index is 1.78. The van der Waals surface area contributed by atoms with Crippen LogP contribution in [-0.2, 0) is 0 Å². The molecule has 3 atom stereocenters. The Morgan fingerprint density at radius 3 is 2.36 bits per heavy atom. The summed E-state index contributed by atoms with van der Waals surface area (Å²) in [4.78, 5) is 16.0. The van der Waals surface area contributed by atoms with E-state index in [9.17, 15) is 15.3 Å². The van der Waals surface area contributed by atoms with E-state index in [0.29, 0.717) is 10.6 Å². The molecule has 1 fully saturated rings. The predicted molar refractivity (Wildman–Crippen MR) is 129 cm³/mol. The van der Waals surface area contributed by atoms with Crippen LogP contribution in [0.5, 0.6) is 0 Å². The maximum absolute atomic E-state index is 14.1. The fourth-order valence-corrected chi connectivity index (χ4v) is 5.37. The lowest BCUT2D eigenvalue weighted by Gasteiger charge is -2.35. The first-order valence-corrected chi connectivity index (χ1v) is 11.1. The number of hydrogen-bond acceptors (Lipinski definition) is 4. The van der Waals surface area contributed by atoms with Gasteiger partial charge in [-0.25, -0.2) is 0 Å². The van der Waals surface area contributed by atoms with Crippen LogP contribution in [0, 0.1) is 35.0 Å². The van der Waals surface area contributed by atoms with E-state index >= 15 is 0 Å². The Kier molecular flexibility index (Phi) is 5.05. The number of rotatable bonds is 3. The number of halogens is 1. The molecule has 4 nitrogen and oxygen atoms in total. The molecule has 0 unspecified atom stereocenters. The number of carbonyl (C=O) groups excluding carboxylic acids is 1. The highest BCUT2D eigenvalue weighted by Gasteiger charge is 2.63. The van der Waals surface area contributed by atoms with Crippen molar-refractivity contribution in [2.24, 2.45) is 5.41 Å². The summed E-state index contributed by atoms with van der Waals surface area (Å²) in [5.41, 5.74) is 2.62. The third-order valence-electron chi connectivity index (χ3n) is 6.73. The number of aryl methyl sites for hydroxylation is 1. The van der Waals surface area contributed by atoms with Crippen LogP contribution in [0.15, 0.2) is 78.9 Å². The molecule has 2 aliphatic rings. The second kappa shape index (κ2) is 7.93. The van der Waals surface area contributed by atoms with Crippen LogP contribution < -0.4 is 4.90 Å². The zero-order valence-electron chi connectivity index (χ0n) is 17.9. The van der Waals surface area contributed by atoms with Gasteiger partial charge in [-0.3, -0.25) is 4.79 Å². The molecule has 0 amide bonds. The summed E-state index contributed by atoms with van der Waals surface area (Å²) >= 11 is 6.24. The molecule has 0 aliphatic carbocycles. The lowest BCUT2D eigenvalue weighted by molar-refractivity contribution is 0.0951. The van der Waals surface area contributed by atoms with Gasteiger partial charge in [0.05, 0.1) is 18.2 Å². The fourth-order valence-electron chi connectivity index (χ4n) is 5.19. The summed E-state index contributed by atoms with van der Waals surface area (Å²) in [6.07, 6.45) is 3.76. The third kappa shape index (κ3) is 3.15. The quantitative estimate of drug-likeness (QED) is 0.464. The number of fused-ring (bicyclic) bond motifs is 3. The van der Waals surface area contributed by atoms with Gasteiger partial charge in [-0.2, -0.15) is 10.5 Å². The Hall–Kier alpha value is -3.86. The Morgan fingerprint density at radius 1 is 1.00 bits per heavy atom. The zero-order chi connectivity index (χ0) is 23.2. The molecule has 0 radical (unpaired) electrons. The molecular weight excluding hydrogens is 430 g/mol. The van der Waals surface area contributed by atoms with Crippen LogP contribution >= 0.6 is 11.6 Å². The molecule has 0 N–H and O–H groups in total. The number of ketones is 1. The second-order valence-electron chi connectivity index (χ2n) is 8.57. The SMILES string of the molecule is Cc1ccc(C(=O)[C@@H]2[C@@H](c3ccccc3)C(C#N)(C#N)[C@H]3C=Cc4cc(Cl)ccc4N23)cc1. The Labute approximate surface area is 198 Å². The first kappa shape index (κ1) is 21.0. The normalized spacial score (nSPS) is 22.1. The standard InChI is InChI=1S/C28H20ClN3O/c1-18-7-9-20(10-8-18)27(33)26-25(19-5-3-2-4-6-19)28(16-30,17-31)24-14-11-21-15-22(29)12-13-23(21)32(24)26/h2-15,24-26H,1H3/t24-,25-,26+/m1/s1. The van der Waals surface area contributed by atoms with E-state index in [1.54, 1.807) is 6.07 Å². The smallest absolute Gasteiger partial charge is 0.185 e. The average molecular weight is 450 g/mol. The summed E-state index contributed by atoms with van der Waals surface area (Å²) in [5, 5.41) is 21.4. The van der Waals surface area contributed by atoms with E-state index in [-0.39, 0.29) is 5.78 Å². The average Bonchev–Trinajstić information content (AvgIpc) is 3.15. The summed E-state index contributed by atoms with van der Waals surface area (Å²) in [6.45, 7) is 1.97. The number of nitrogens with zero attached hydrogens (tertiary/aromatic N) is 3. The number of anilines is 1. The van der Waals surface area contributed by atoms with Crippen molar-refractivity contribution in [3.63, 3.8) is 0 Å². The maximum atomic E-state index is 14.1. The van der Waals surface area contributed by atoms with Crippen molar-refractivity contribution in [1.29, 1.82) is 10.5 Å². The highest BCUT2D eigenvalue weighted by atomic mass is 35.5. The number of Topliss-reactive ketones (excluding diaryl/α,β-unsaturated/α-hetero) is 1. The minimum absolute atomic E-state index is 0.113. The first-order chi connectivity index (χ1) is 16.0. The molecule has 0 aromatic heterocycles. The van der Waals surface area contributed by atoms with Crippen molar-refractivity contribution < 1.29 is 4.79 Å². The van der Waals surface area contributed by atoms with Gasteiger partial charge in [-0.1, -0.05) is 83.9 Å². The van der Waals surface area contributed by atoms with Crippen molar-refractivity contribution in [2.75, 3.05) is 4.90 Å². The minimum atomic E-state index is -1.44. The van der Waals surface area contributed by atoms with Crippen molar-refractivity contribution in [3.05, 3.63) is 106 Å². The number of nitriles is 2. The van der Waals surface area contributed by atoms with Gasteiger partial charge >= 0.3 is 0 Å². The lowest BCUT2D eigenvalue weighted by atomic mass is 9.69. The highest BCUT2D eigenvalue weighted by Crippen LogP contribution is 2.55. The predicted octanol–water partition coefficient (Wildman–Crippen LogP) is 5.93. The Morgan fingerprint density at radius 2 is 1.70 bits per heavy atom. The lowest BCUT2D eigenvalue weighted by Crippen LogP contribution is -2.44. The van der Waals surface area contributed by atoms with Gasteiger partial charge in [0.25, 0.3) is 0 Å². The summed E-state index contributed by atoms with van der Waals surface area (Å²) in [7, 11) is 0. The number of carbonyl (C=O) groups is 1. The van der Waals surface area contributed by atoms with E-state index in [1.165, 1.54) is 0 Å². The molecule has 2 aliphatic heterocycles. The molecule has 0 spiro atoms. The molecule has 1 saturated heterocycles. The molecule has 0 bridgehead atoms. The number of benzene rings is 3. The summed E-state index contributed by atoms with van der Waals surface area (Å²) in [5.74, 6) is -0.754. The minimum Gasteiger partial charge on any atom is -0.351 e. The summed E-state index contributed by atoms with van der Waals surface area (Å²) < 4.78 is 0. The monoisotopic (exact) mass is 449 g/mol. The Bertz CT molecular complexity index is 1330. The van der Waals surface area contributed by atoms with Gasteiger partial charge in [-0.15, -0.1) is 0 Å². The summed E-state index contributed by atoms with van der Waals surface area (Å²) in [6, 6.07) is 25.7. The van der Waals surface area contributed by atoms with Gasteiger partial charge in [-0.05, 0) is 36.2 Å². The van der Waals surface area contributed by atoms with Crippen molar-refractivity contribution in [3.8, 4) is 12.1 Å². The van der Waals surface area contributed by atoms with Crippen molar-refractivity contribution in [1.82, 2.24) is 0 Å². The van der Waals surface area contributed by atoms with Crippen molar-refractivity contribution in [2.45, 2.75) is 24.9 Å². The largest absolute Gasteiger partial charge is 0.351 e. The van der Waals surface area contributed by atoms with Gasteiger partial charge < -0.3 is 4.90 Å². The molecule has 2 heterocycles. The second-order valence-corrected chi connectivity index (χ2v) is 9.01. The zero-order valence-corrected chi connectivity index (χ0v) is 18.7. The van der Waals surface area contributed by atoms with E-state index in [1.807, 2.05) is 90.7 Å². The van der Waals surface area contributed by atoms with E-state index < -0.39 is 23.4 Å². The molecule has 3 aromatic rings. The topological polar surface area (TPSA) is 67.9 Å². The van der Waals surface area contributed by atoms with Crippen LogP contribution in [0.4, 0.5) is 5.69 Å². The third-order valence-corrected chi connectivity index (χ3v) is 6.97.